The lowest BCUT2D eigenvalue weighted by Crippen LogP contribution is -2.04. The first kappa shape index (κ1) is 12.6. The highest BCUT2D eigenvalue weighted by Crippen LogP contribution is 2.31. The van der Waals surface area contributed by atoms with Crippen molar-refractivity contribution in [2.75, 3.05) is 5.73 Å². The van der Waals surface area contributed by atoms with E-state index in [1.807, 2.05) is 0 Å². The molecule has 0 atom stereocenters. The number of anilines is 1. The molecule has 88 valence electrons. The molecule has 0 saturated carbocycles. The second kappa shape index (κ2) is 4.60. The number of nitrogens with two attached hydrogens (primary N) is 1. The number of rotatable bonds is 2. The number of aryl methyl sites for hydroxylation is 1. The van der Waals surface area contributed by atoms with Crippen LogP contribution in [-0.4, -0.2) is 0 Å². The topological polar surface area (TPSA) is 26.0 Å². The lowest BCUT2D eigenvalue weighted by atomic mass is 9.92. The molecular formula is C12H14F3N. The van der Waals surface area contributed by atoms with E-state index in [9.17, 15) is 13.2 Å². The van der Waals surface area contributed by atoms with Gasteiger partial charge in [-0.05, 0) is 30.0 Å². The van der Waals surface area contributed by atoms with E-state index in [4.69, 9.17) is 5.73 Å². The summed E-state index contributed by atoms with van der Waals surface area (Å²) in [7, 11) is 0. The molecule has 0 unspecified atom stereocenters. The highest BCUT2D eigenvalue weighted by atomic mass is 19.3. The molecule has 0 aliphatic carbocycles. The molecule has 1 rings (SSSR count). The summed E-state index contributed by atoms with van der Waals surface area (Å²) < 4.78 is 38.3. The fraction of sp³-hybridized carbons (Fsp3) is 0.333. The molecule has 16 heavy (non-hydrogen) atoms. The van der Waals surface area contributed by atoms with Crippen LogP contribution in [0.15, 0.2) is 12.1 Å². The molecule has 1 aromatic carbocycles. The second-order valence-corrected chi connectivity index (χ2v) is 4.01. The van der Waals surface area contributed by atoms with Crippen LogP contribution in [0.3, 0.4) is 0 Å². The van der Waals surface area contributed by atoms with Crippen LogP contribution >= 0.6 is 0 Å². The van der Waals surface area contributed by atoms with Gasteiger partial charge in [0.05, 0.1) is 5.69 Å². The molecule has 1 aromatic rings. The Balaban J connectivity index is 3.57. The largest absolute Gasteiger partial charge is 0.396 e. The molecule has 0 aromatic heterocycles. The lowest BCUT2D eigenvalue weighted by molar-refractivity contribution is 0.429. The van der Waals surface area contributed by atoms with Crippen molar-refractivity contribution in [3.05, 3.63) is 34.7 Å². The fourth-order valence-electron chi connectivity index (χ4n) is 1.73. The van der Waals surface area contributed by atoms with Crippen molar-refractivity contribution < 1.29 is 13.2 Å². The highest BCUT2D eigenvalue weighted by molar-refractivity contribution is 5.64. The maximum Gasteiger partial charge on any atom is 0.270 e. The Kier molecular flexibility index (Phi) is 3.62. The summed E-state index contributed by atoms with van der Waals surface area (Å²) in [5.41, 5.74) is 6.49. The zero-order valence-corrected chi connectivity index (χ0v) is 9.44. The molecule has 1 nitrogen and oxygen atoms in total. The standard InChI is InChI=1S/C12H14F3N/c1-6(2)11-8(5-10(13)14)7(3)4-9(16)12(11)15/h4-6H,16H2,1-3H3. The van der Waals surface area contributed by atoms with Crippen molar-refractivity contribution in [1.82, 2.24) is 0 Å². The van der Waals surface area contributed by atoms with Crippen molar-refractivity contribution in [3.8, 4) is 0 Å². The Labute approximate surface area is 92.8 Å². The Bertz CT molecular complexity index is 432. The maximum atomic E-state index is 13.7. The van der Waals surface area contributed by atoms with Gasteiger partial charge in [0.2, 0.25) is 0 Å². The third-order valence-corrected chi connectivity index (χ3v) is 2.41. The van der Waals surface area contributed by atoms with Crippen LogP contribution in [0.2, 0.25) is 0 Å². The van der Waals surface area contributed by atoms with Crippen LogP contribution in [-0.2, 0) is 0 Å². The molecule has 0 spiro atoms. The van der Waals surface area contributed by atoms with Crippen molar-refractivity contribution in [2.24, 2.45) is 0 Å². The summed E-state index contributed by atoms with van der Waals surface area (Å²) >= 11 is 0. The van der Waals surface area contributed by atoms with Gasteiger partial charge in [-0.3, -0.25) is 0 Å². The van der Waals surface area contributed by atoms with Gasteiger partial charge in [-0.15, -0.1) is 0 Å². The summed E-state index contributed by atoms with van der Waals surface area (Å²) in [5.74, 6) is -0.805. The van der Waals surface area contributed by atoms with Gasteiger partial charge >= 0.3 is 0 Å². The van der Waals surface area contributed by atoms with Crippen LogP contribution in [0.4, 0.5) is 18.9 Å². The van der Waals surface area contributed by atoms with Crippen LogP contribution in [0.1, 0.15) is 36.5 Å². The van der Waals surface area contributed by atoms with E-state index in [1.165, 1.54) is 6.07 Å². The van der Waals surface area contributed by atoms with Gasteiger partial charge < -0.3 is 5.73 Å². The Hall–Kier alpha value is -1.45. The monoisotopic (exact) mass is 229 g/mol. The van der Waals surface area contributed by atoms with E-state index < -0.39 is 11.9 Å². The van der Waals surface area contributed by atoms with Crippen molar-refractivity contribution >= 4 is 11.8 Å². The number of benzene rings is 1. The minimum atomic E-state index is -1.84. The van der Waals surface area contributed by atoms with Crippen molar-refractivity contribution in [1.29, 1.82) is 0 Å². The smallest absolute Gasteiger partial charge is 0.270 e. The van der Waals surface area contributed by atoms with Gasteiger partial charge in [-0.25, -0.2) is 4.39 Å². The zero-order chi connectivity index (χ0) is 12.5. The third-order valence-electron chi connectivity index (χ3n) is 2.41. The van der Waals surface area contributed by atoms with Gasteiger partial charge in [-0.2, -0.15) is 8.78 Å². The minimum absolute atomic E-state index is 0.00221. The predicted octanol–water partition coefficient (Wildman–Crippen LogP) is 4.08. The Morgan fingerprint density at radius 2 is 1.94 bits per heavy atom. The quantitative estimate of drug-likeness (QED) is 0.760. The molecule has 0 heterocycles. The molecule has 4 heteroatoms. The third kappa shape index (κ3) is 2.38. The normalized spacial score (nSPS) is 10.7. The molecule has 0 aliphatic heterocycles. The molecule has 0 saturated heterocycles. The van der Waals surface area contributed by atoms with Gasteiger partial charge in [0.1, 0.15) is 5.82 Å². The van der Waals surface area contributed by atoms with Crippen molar-refractivity contribution in [2.45, 2.75) is 26.7 Å². The van der Waals surface area contributed by atoms with E-state index in [-0.39, 0.29) is 22.7 Å². The Morgan fingerprint density at radius 1 is 1.38 bits per heavy atom. The number of hydrogen-bond acceptors (Lipinski definition) is 1. The van der Waals surface area contributed by atoms with Gasteiger partial charge in [0, 0.05) is 11.6 Å². The minimum Gasteiger partial charge on any atom is -0.396 e. The zero-order valence-electron chi connectivity index (χ0n) is 9.44. The molecule has 0 fully saturated rings. The van der Waals surface area contributed by atoms with Gasteiger partial charge in [0.15, 0.2) is 0 Å². The first-order valence-electron chi connectivity index (χ1n) is 4.95. The van der Waals surface area contributed by atoms with Crippen molar-refractivity contribution in [3.63, 3.8) is 0 Å². The first-order valence-corrected chi connectivity index (χ1v) is 4.95. The molecule has 0 radical (unpaired) electrons. The van der Waals surface area contributed by atoms with E-state index in [2.05, 4.69) is 0 Å². The summed E-state index contributed by atoms with van der Waals surface area (Å²) in [6, 6.07) is 1.37. The summed E-state index contributed by atoms with van der Waals surface area (Å²) in [6.45, 7) is 5.12. The fourth-order valence-corrected chi connectivity index (χ4v) is 1.73. The van der Waals surface area contributed by atoms with Crippen LogP contribution in [0, 0.1) is 12.7 Å². The average Bonchev–Trinajstić information content (AvgIpc) is 2.13. The lowest BCUT2D eigenvalue weighted by Gasteiger charge is -2.15. The predicted molar refractivity (Wildman–Crippen MR) is 59.8 cm³/mol. The summed E-state index contributed by atoms with van der Waals surface area (Å²) in [4.78, 5) is 0. The molecule has 0 amide bonds. The molecule has 0 bridgehead atoms. The summed E-state index contributed by atoms with van der Waals surface area (Å²) in [5, 5.41) is 0. The average molecular weight is 229 g/mol. The van der Waals surface area contributed by atoms with E-state index >= 15 is 0 Å². The van der Waals surface area contributed by atoms with Crippen LogP contribution in [0.25, 0.3) is 6.08 Å². The van der Waals surface area contributed by atoms with Gasteiger partial charge in [-0.1, -0.05) is 13.8 Å². The van der Waals surface area contributed by atoms with E-state index in [0.717, 1.165) is 0 Å². The van der Waals surface area contributed by atoms with Crippen LogP contribution < -0.4 is 5.73 Å². The van der Waals surface area contributed by atoms with E-state index in [0.29, 0.717) is 11.6 Å². The number of nitrogen functional groups attached to an aromatic ring is 1. The number of hydrogen-bond donors (Lipinski definition) is 1. The second-order valence-electron chi connectivity index (χ2n) is 4.01. The van der Waals surface area contributed by atoms with Crippen LogP contribution in [0.5, 0.6) is 0 Å². The Morgan fingerprint density at radius 3 is 2.38 bits per heavy atom. The first-order chi connectivity index (χ1) is 7.34. The molecule has 0 aliphatic rings. The summed E-state index contributed by atoms with van der Waals surface area (Å²) in [6.07, 6.45) is -1.15. The van der Waals surface area contributed by atoms with Gasteiger partial charge in [0.25, 0.3) is 6.08 Å². The molecule has 2 N–H and O–H groups in total. The highest BCUT2D eigenvalue weighted by Gasteiger charge is 2.17. The number of halogens is 3. The SMILES string of the molecule is Cc1cc(N)c(F)c(C(C)C)c1C=C(F)F. The molecular weight excluding hydrogens is 215 g/mol. The maximum absolute atomic E-state index is 13.7. The van der Waals surface area contributed by atoms with E-state index in [1.54, 1.807) is 20.8 Å².